The van der Waals surface area contributed by atoms with E-state index in [0.717, 1.165) is 4.90 Å². The summed E-state index contributed by atoms with van der Waals surface area (Å²) in [6.07, 6.45) is 1.26. The van der Waals surface area contributed by atoms with Gasteiger partial charge in [-0.3, -0.25) is 24.5 Å². The first-order chi connectivity index (χ1) is 20.7. The normalized spacial score (nSPS) is 11.6. The fraction of sp³-hybridized carbons (Fsp3) is 0.0938. The number of hydrogen-bond donors (Lipinski definition) is 3. The van der Waals surface area contributed by atoms with Crippen molar-refractivity contribution in [2.75, 3.05) is 17.7 Å². The first-order valence-electron chi connectivity index (χ1n) is 13.1. The van der Waals surface area contributed by atoms with Gasteiger partial charge in [0.25, 0.3) is 17.5 Å². The zero-order valence-corrected chi connectivity index (χ0v) is 24.1. The maximum absolute atomic E-state index is 13.3. The number of thioether (sulfide) groups is 1. The molecule has 218 valence electrons. The maximum atomic E-state index is 13.3. The van der Waals surface area contributed by atoms with E-state index in [1.165, 1.54) is 43.1 Å². The third-order valence-corrected chi connectivity index (χ3v) is 7.23. The number of carbonyl (C=O) groups excluding carboxylic acids is 3. The number of nitro benzene ring substituents is 1. The van der Waals surface area contributed by atoms with Crippen LogP contribution < -0.4 is 20.7 Å². The Morgan fingerprint density at radius 3 is 2.21 bits per heavy atom. The summed E-state index contributed by atoms with van der Waals surface area (Å²) in [4.78, 5) is 50.7. The summed E-state index contributed by atoms with van der Waals surface area (Å²) < 4.78 is 5.29. The van der Waals surface area contributed by atoms with E-state index >= 15 is 0 Å². The van der Waals surface area contributed by atoms with Crippen molar-refractivity contribution in [3.63, 3.8) is 0 Å². The van der Waals surface area contributed by atoms with E-state index in [2.05, 4.69) is 16.0 Å². The number of ether oxygens (including phenoxy) is 1. The third-order valence-electron chi connectivity index (χ3n) is 6.12. The first kappa shape index (κ1) is 30.5. The molecule has 0 bridgehead atoms. The SMILES string of the molecule is COc1ccccc1NC(=O)C(C)Sc1ccc(NC(=O)/C(=C/c2ccccc2[N+](=O)[O-])NC(=O)c2ccccc2)cc1. The van der Waals surface area contributed by atoms with Gasteiger partial charge in [-0.1, -0.05) is 42.5 Å². The lowest BCUT2D eigenvalue weighted by molar-refractivity contribution is -0.385. The zero-order valence-electron chi connectivity index (χ0n) is 23.3. The second kappa shape index (κ2) is 14.5. The Morgan fingerprint density at radius 1 is 0.860 bits per heavy atom. The number of benzene rings is 4. The Kier molecular flexibility index (Phi) is 10.3. The molecule has 43 heavy (non-hydrogen) atoms. The first-order valence-corrected chi connectivity index (χ1v) is 14.0. The molecule has 1 unspecified atom stereocenters. The molecular formula is C32H28N4O6S. The average molecular weight is 597 g/mol. The number of hydrogen-bond acceptors (Lipinski definition) is 7. The van der Waals surface area contributed by atoms with E-state index in [1.54, 1.807) is 85.8 Å². The minimum atomic E-state index is -0.674. The van der Waals surface area contributed by atoms with E-state index in [4.69, 9.17) is 4.74 Å². The molecule has 0 heterocycles. The van der Waals surface area contributed by atoms with Crippen LogP contribution >= 0.6 is 11.8 Å². The number of rotatable bonds is 11. The Morgan fingerprint density at radius 2 is 1.51 bits per heavy atom. The van der Waals surface area contributed by atoms with Crippen molar-refractivity contribution < 1.29 is 24.0 Å². The van der Waals surface area contributed by atoms with Crippen LogP contribution in [0, 0.1) is 10.1 Å². The summed E-state index contributed by atoms with van der Waals surface area (Å²) in [5.41, 5.74) is 1.06. The number of para-hydroxylation sites is 3. The standard InChI is InChI=1S/C32H28N4O6S/c1-21(30(37)34-26-13-7-9-15-29(26)42-2)43-25-18-16-24(17-19-25)33-32(39)27(35-31(38)22-10-4-3-5-11-22)20-23-12-6-8-14-28(23)36(40)41/h3-21H,1-2H3,(H,33,39)(H,34,37)(H,35,38)/b27-20-. The van der Waals surface area contributed by atoms with Crippen molar-refractivity contribution in [3.8, 4) is 5.75 Å². The van der Waals surface area contributed by atoms with Crippen LogP contribution in [0.5, 0.6) is 5.75 Å². The summed E-state index contributed by atoms with van der Waals surface area (Å²) in [6.45, 7) is 1.78. The highest BCUT2D eigenvalue weighted by Gasteiger charge is 2.19. The highest BCUT2D eigenvalue weighted by Crippen LogP contribution is 2.28. The molecule has 0 aromatic heterocycles. The lowest BCUT2D eigenvalue weighted by Crippen LogP contribution is -2.30. The second-order valence-electron chi connectivity index (χ2n) is 9.12. The molecule has 0 spiro atoms. The summed E-state index contributed by atoms with van der Waals surface area (Å²) in [6, 6.07) is 28.2. The van der Waals surface area contributed by atoms with Crippen molar-refractivity contribution >= 4 is 52.6 Å². The van der Waals surface area contributed by atoms with Crippen LogP contribution in [0.1, 0.15) is 22.8 Å². The molecule has 0 aliphatic rings. The molecule has 3 amide bonds. The highest BCUT2D eigenvalue weighted by molar-refractivity contribution is 8.00. The fourth-order valence-corrected chi connectivity index (χ4v) is 4.80. The van der Waals surface area contributed by atoms with E-state index < -0.39 is 22.0 Å². The Labute approximate surface area is 252 Å². The van der Waals surface area contributed by atoms with E-state index in [0.29, 0.717) is 22.7 Å². The minimum absolute atomic E-state index is 0.151. The number of methoxy groups -OCH3 is 1. The average Bonchev–Trinajstić information content (AvgIpc) is 3.02. The molecule has 3 N–H and O–H groups in total. The number of nitro groups is 1. The molecule has 1 atom stereocenters. The number of nitrogens with one attached hydrogen (secondary N) is 3. The lowest BCUT2D eigenvalue weighted by atomic mass is 10.1. The molecule has 10 nitrogen and oxygen atoms in total. The minimum Gasteiger partial charge on any atom is -0.495 e. The second-order valence-corrected chi connectivity index (χ2v) is 10.5. The van der Waals surface area contributed by atoms with Gasteiger partial charge < -0.3 is 20.7 Å². The van der Waals surface area contributed by atoms with Crippen LogP contribution in [0.2, 0.25) is 0 Å². The smallest absolute Gasteiger partial charge is 0.276 e. The predicted octanol–water partition coefficient (Wildman–Crippen LogP) is 6.13. The summed E-state index contributed by atoms with van der Waals surface area (Å²) in [5, 5.41) is 19.3. The van der Waals surface area contributed by atoms with E-state index in [9.17, 15) is 24.5 Å². The summed E-state index contributed by atoms with van der Waals surface area (Å²) in [5.74, 6) is -0.866. The highest BCUT2D eigenvalue weighted by atomic mass is 32.2. The van der Waals surface area contributed by atoms with Gasteiger partial charge in [0, 0.05) is 22.2 Å². The van der Waals surface area contributed by atoms with E-state index in [1.807, 2.05) is 6.07 Å². The molecule has 11 heteroatoms. The maximum Gasteiger partial charge on any atom is 0.276 e. The summed E-state index contributed by atoms with van der Waals surface area (Å²) in [7, 11) is 1.53. The monoisotopic (exact) mass is 596 g/mol. The van der Waals surface area contributed by atoms with Gasteiger partial charge >= 0.3 is 0 Å². The van der Waals surface area contributed by atoms with Crippen molar-refractivity contribution in [2.45, 2.75) is 17.1 Å². The van der Waals surface area contributed by atoms with Crippen molar-refractivity contribution in [1.29, 1.82) is 0 Å². The van der Waals surface area contributed by atoms with Crippen molar-refractivity contribution in [3.05, 3.63) is 130 Å². The van der Waals surface area contributed by atoms with Gasteiger partial charge in [-0.2, -0.15) is 0 Å². The largest absolute Gasteiger partial charge is 0.495 e. The van der Waals surface area contributed by atoms with Gasteiger partial charge in [-0.25, -0.2) is 0 Å². The third kappa shape index (κ3) is 8.30. The number of amides is 3. The number of anilines is 2. The molecule has 0 saturated carbocycles. The zero-order chi connectivity index (χ0) is 30.8. The van der Waals surface area contributed by atoms with Gasteiger partial charge in [-0.05, 0) is 67.6 Å². The number of nitrogens with zero attached hydrogens (tertiary/aromatic N) is 1. The van der Waals surface area contributed by atoms with Gasteiger partial charge in [0.2, 0.25) is 5.91 Å². The topological polar surface area (TPSA) is 140 Å². The van der Waals surface area contributed by atoms with Gasteiger partial charge in [0.1, 0.15) is 11.4 Å². The van der Waals surface area contributed by atoms with Crippen LogP contribution in [-0.2, 0) is 9.59 Å². The van der Waals surface area contributed by atoms with Crippen LogP contribution in [-0.4, -0.2) is 35.0 Å². The van der Waals surface area contributed by atoms with Crippen molar-refractivity contribution in [1.82, 2.24) is 5.32 Å². The summed E-state index contributed by atoms with van der Waals surface area (Å²) >= 11 is 1.33. The van der Waals surface area contributed by atoms with Gasteiger partial charge in [0.15, 0.2) is 0 Å². The van der Waals surface area contributed by atoms with Gasteiger partial charge in [0.05, 0.1) is 28.5 Å². The molecule has 0 fully saturated rings. The van der Waals surface area contributed by atoms with Crippen LogP contribution in [0.4, 0.5) is 17.1 Å². The molecule has 0 saturated heterocycles. The fourth-order valence-electron chi connectivity index (χ4n) is 3.93. The van der Waals surface area contributed by atoms with Crippen LogP contribution in [0.25, 0.3) is 6.08 Å². The molecule has 4 rings (SSSR count). The Hall–Kier alpha value is -5.42. The predicted molar refractivity (Wildman–Crippen MR) is 167 cm³/mol. The molecule has 0 aliphatic carbocycles. The Bertz CT molecular complexity index is 1660. The number of carbonyl (C=O) groups is 3. The molecule has 0 aliphatic heterocycles. The molecule has 4 aromatic rings. The van der Waals surface area contributed by atoms with Crippen LogP contribution in [0.3, 0.4) is 0 Å². The molecule has 0 radical (unpaired) electrons. The van der Waals surface area contributed by atoms with Gasteiger partial charge in [-0.15, -0.1) is 11.8 Å². The van der Waals surface area contributed by atoms with Crippen LogP contribution in [0.15, 0.2) is 114 Å². The van der Waals surface area contributed by atoms with Crippen molar-refractivity contribution in [2.24, 2.45) is 0 Å². The lowest BCUT2D eigenvalue weighted by Gasteiger charge is -2.15. The quantitative estimate of drug-likeness (QED) is 0.0819. The van der Waals surface area contributed by atoms with E-state index in [-0.39, 0.29) is 22.9 Å². The Balaban J connectivity index is 1.48. The molecule has 4 aromatic carbocycles. The molecular weight excluding hydrogens is 568 g/mol.